The molecule has 7 heteroatoms. The van der Waals surface area contributed by atoms with Gasteiger partial charge in [0.1, 0.15) is 6.61 Å². The van der Waals surface area contributed by atoms with Crippen molar-refractivity contribution in [3.05, 3.63) is 24.1 Å². The van der Waals surface area contributed by atoms with E-state index < -0.39 is 0 Å². The molecule has 148 valence electrons. The maximum atomic E-state index is 13.7. The Bertz CT molecular complexity index is 647. The summed E-state index contributed by atoms with van der Waals surface area (Å²) in [5.74, 6) is 1.44. The van der Waals surface area contributed by atoms with Crippen LogP contribution in [0.15, 0.2) is 18.3 Å². The third kappa shape index (κ3) is 5.17. The average molecular weight is 376 g/mol. The van der Waals surface area contributed by atoms with Crippen LogP contribution >= 0.6 is 0 Å². The number of rotatable bonds is 7. The van der Waals surface area contributed by atoms with Crippen LogP contribution in [0.5, 0.6) is 0 Å². The minimum atomic E-state index is -0.376. The highest BCUT2D eigenvalue weighted by molar-refractivity contribution is 5.78. The summed E-state index contributed by atoms with van der Waals surface area (Å²) in [6.07, 6.45) is 6.55. The van der Waals surface area contributed by atoms with Crippen molar-refractivity contribution in [2.24, 2.45) is 11.8 Å². The number of likely N-dealkylation sites (tertiary alicyclic amines) is 1. The monoisotopic (exact) mass is 376 g/mol. The number of carbonyl (C=O) groups excluding carboxylic acids is 1. The van der Waals surface area contributed by atoms with Crippen molar-refractivity contribution in [1.29, 1.82) is 0 Å². The van der Waals surface area contributed by atoms with Crippen LogP contribution in [0.25, 0.3) is 0 Å². The molecule has 1 N–H and O–H groups in total. The van der Waals surface area contributed by atoms with E-state index in [1.165, 1.54) is 38.3 Å². The molecule has 1 saturated carbocycles. The maximum absolute atomic E-state index is 13.7. The molecule has 27 heavy (non-hydrogen) atoms. The zero-order chi connectivity index (χ0) is 18.6. The predicted octanol–water partition coefficient (Wildman–Crippen LogP) is 1.98. The van der Waals surface area contributed by atoms with E-state index in [9.17, 15) is 9.18 Å². The molecule has 1 aliphatic carbocycles. The summed E-state index contributed by atoms with van der Waals surface area (Å²) in [7, 11) is 0. The van der Waals surface area contributed by atoms with E-state index in [2.05, 4.69) is 15.2 Å². The fraction of sp³-hybridized carbons (Fsp3) is 0.700. The SMILES string of the molecule is O=C1COC(CNc2ncccc2F)CN1CC1CCN(CC2CC2)CC1. The molecule has 1 atom stereocenters. The molecule has 0 bridgehead atoms. The summed E-state index contributed by atoms with van der Waals surface area (Å²) in [5.41, 5.74) is 0. The highest BCUT2D eigenvalue weighted by Gasteiger charge is 2.31. The van der Waals surface area contributed by atoms with E-state index in [1.54, 1.807) is 12.3 Å². The molecule has 0 spiro atoms. The normalized spacial score (nSPS) is 25.0. The summed E-state index contributed by atoms with van der Waals surface area (Å²) >= 11 is 0. The van der Waals surface area contributed by atoms with Crippen LogP contribution in [0.2, 0.25) is 0 Å². The van der Waals surface area contributed by atoms with Gasteiger partial charge in [-0.1, -0.05) is 0 Å². The van der Waals surface area contributed by atoms with Gasteiger partial charge >= 0.3 is 0 Å². The fourth-order valence-corrected chi connectivity index (χ4v) is 4.04. The van der Waals surface area contributed by atoms with Crippen LogP contribution in [0.1, 0.15) is 25.7 Å². The molecular formula is C20H29FN4O2. The summed E-state index contributed by atoms with van der Waals surface area (Å²) in [6.45, 7) is 5.50. The Balaban J connectivity index is 1.23. The van der Waals surface area contributed by atoms with Crippen molar-refractivity contribution >= 4 is 11.7 Å². The number of ether oxygens (including phenoxy) is 1. The van der Waals surface area contributed by atoms with E-state index in [-0.39, 0.29) is 30.3 Å². The molecule has 3 aliphatic rings. The van der Waals surface area contributed by atoms with Gasteiger partial charge in [-0.15, -0.1) is 0 Å². The second-order valence-corrected chi connectivity index (χ2v) is 8.13. The van der Waals surface area contributed by atoms with Gasteiger partial charge in [0.15, 0.2) is 11.6 Å². The summed E-state index contributed by atoms with van der Waals surface area (Å²) < 4.78 is 19.3. The summed E-state index contributed by atoms with van der Waals surface area (Å²) in [6, 6.07) is 2.94. The Labute approximate surface area is 160 Å². The maximum Gasteiger partial charge on any atom is 0.248 e. The van der Waals surface area contributed by atoms with Crippen molar-refractivity contribution in [3.8, 4) is 0 Å². The number of morpholine rings is 1. The highest BCUT2D eigenvalue weighted by atomic mass is 19.1. The van der Waals surface area contributed by atoms with E-state index in [0.29, 0.717) is 19.0 Å². The number of hydrogen-bond acceptors (Lipinski definition) is 5. The van der Waals surface area contributed by atoms with Crippen LogP contribution in [-0.4, -0.2) is 72.7 Å². The molecule has 1 amide bonds. The van der Waals surface area contributed by atoms with Gasteiger partial charge in [-0.25, -0.2) is 9.37 Å². The molecule has 0 radical (unpaired) electrons. The lowest BCUT2D eigenvalue weighted by Gasteiger charge is -2.38. The predicted molar refractivity (Wildman–Crippen MR) is 101 cm³/mol. The van der Waals surface area contributed by atoms with E-state index >= 15 is 0 Å². The summed E-state index contributed by atoms with van der Waals surface area (Å²) in [5, 5.41) is 3.00. The zero-order valence-corrected chi connectivity index (χ0v) is 15.8. The average Bonchev–Trinajstić information content (AvgIpc) is 3.49. The first-order valence-corrected chi connectivity index (χ1v) is 10.1. The Morgan fingerprint density at radius 1 is 1.19 bits per heavy atom. The molecule has 3 fully saturated rings. The largest absolute Gasteiger partial charge is 0.365 e. The Hall–Kier alpha value is -1.73. The third-order valence-corrected chi connectivity index (χ3v) is 5.87. The number of nitrogens with zero attached hydrogens (tertiary/aromatic N) is 3. The van der Waals surface area contributed by atoms with Crippen molar-refractivity contribution in [1.82, 2.24) is 14.8 Å². The van der Waals surface area contributed by atoms with Crippen molar-refractivity contribution in [2.45, 2.75) is 31.8 Å². The van der Waals surface area contributed by atoms with Gasteiger partial charge in [-0.05, 0) is 62.7 Å². The molecule has 4 rings (SSSR count). The van der Waals surface area contributed by atoms with Crippen LogP contribution in [0.4, 0.5) is 10.2 Å². The van der Waals surface area contributed by atoms with Crippen molar-refractivity contribution < 1.29 is 13.9 Å². The van der Waals surface area contributed by atoms with Crippen LogP contribution in [0.3, 0.4) is 0 Å². The van der Waals surface area contributed by atoms with E-state index in [4.69, 9.17) is 4.74 Å². The second kappa shape index (κ2) is 8.52. The van der Waals surface area contributed by atoms with E-state index in [0.717, 1.165) is 25.6 Å². The van der Waals surface area contributed by atoms with Gasteiger partial charge in [0, 0.05) is 32.4 Å². The number of amides is 1. The van der Waals surface area contributed by atoms with Gasteiger partial charge < -0.3 is 19.9 Å². The molecule has 1 unspecified atom stereocenters. The summed E-state index contributed by atoms with van der Waals surface area (Å²) in [4.78, 5) is 20.8. The smallest absolute Gasteiger partial charge is 0.248 e. The number of hydrogen-bond donors (Lipinski definition) is 1. The number of piperidine rings is 1. The Morgan fingerprint density at radius 2 is 1.96 bits per heavy atom. The van der Waals surface area contributed by atoms with Gasteiger partial charge in [0.2, 0.25) is 5.91 Å². The molecule has 0 aromatic carbocycles. The molecular weight excluding hydrogens is 347 g/mol. The van der Waals surface area contributed by atoms with Gasteiger partial charge in [-0.3, -0.25) is 4.79 Å². The van der Waals surface area contributed by atoms with Crippen LogP contribution < -0.4 is 5.32 Å². The number of pyridine rings is 1. The molecule has 1 aromatic heterocycles. The van der Waals surface area contributed by atoms with Gasteiger partial charge in [0.25, 0.3) is 0 Å². The fourth-order valence-electron chi connectivity index (χ4n) is 4.04. The number of anilines is 1. The quantitative estimate of drug-likeness (QED) is 0.789. The number of halogens is 1. The molecule has 6 nitrogen and oxygen atoms in total. The third-order valence-electron chi connectivity index (χ3n) is 5.87. The topological polar surface area (TPSA) is 57.7 Å². The van der Waals surface area contributed by atoms with E-state index in [1.807, 2.05) is 4.90 Å². The molecule has 3 heterocycles. The molecule has 2 aliphatic heterocycles. The standard InChI is InChI=1S/C20H29FN4O2/c21-18-2-1-7-22-20(18)23-10-17-13-25(19(26)14-27-17)12-16-5-8-24(9-6-16)11-15-3-4-15/h1-2,7,15-17H,3-6,8-14H2,(H,22,23). The second-order valence-electron chi connectivity index (χ2n) is 8.13. The molecule has 1 aromatic rings. The van der Waals surface area contributed by atoms with Gasteiger partial charge in [0.05, 0.1) is 6.10 Å². The zero-order valence-electron chi connectivity index (χ0n) is 15.8. The first-order valence-electron chi connectivity index (χ1n) is 10.1. The minimum Gasteiger partial charge on any atom is -0.365 e. The number of aromatic nitrogens is 1. The lowest BCUT2D eigenvalue weighted by atomic mass is 9.95. The lowest BCUT2D eigenvalue weighted by Crippen LogP contribution is -2.51. The van der Waals surface area contributed by atoms with Crippen LogP contribution in [0, 0.1) is 17.7 Å². The number of carbonyl (C=O) groups is 1. The van der Waals surface area contributed by atoms with Crippen molar-refractivity contribution in [3.63, 3.8) is 0 Å². The Kier molecular flexibility index (Phi) is 5.88. The number of nitrogens with one attached hydrogen (secondary N) is 1. The van der Waals surface area contributed by atoms with Crippen LogP contribution in [-0.2, 0) is 9.53 Å². The first-order chi connectivity index (χ1) is 13.2. The highest BCUT2D eigenvalue weighted by Crippen LogP contribution is 2.31. The lowest BCUT2D eigenvalue weighted by molar-refractivity contribution is -0.149. The Morgan fingerprint density at radius 3 is 2.70 bits per heavy atom. The first kappa shape index (κ1) is 18.6. The van der Waals surface area contributed by atoms with Gasteiger partial charge in [-0.2, -0.15) is 0 Å². The molecule has 2 saturated heterocycles. The van der Waals surface area contributed by atoms with Crippen molar-refractivity contribution in [2.75, 3.05) is 51.2 Å². The minimum absolute atomic E-state index is 0.0654.